The first-order valence-corrected chi connectivity index (χ1v) is 6.18. The molecule has 0 radical (unpaired) electrons. The monoisotopic (exact) mass is 224 g/mol. The minimum Gasteiger partial charge on any atom is -0.318 e. The fraction of sp³-hybridized carbons (Fsp3) is 0.750. The van der Waals surface area contributed by atoms with Gasteiger partial charge in [0.1, 0.15) is 0 Å². The lowest BCUT2D eigenvalue weighted by Gasteiger charge is -2.20. The maximum atomic E-state index is 4.30. The van der Waals surface area contributed by atoms with Gasteiger partial charge in [-0.1, -0.05) is 6.92 Å². The van der Waals surface area contributed by atoms with Crippen LogP contribution < -0.4 is 5.32 Å². The third kappa shape index (κ3) is 4.33. The molecule has 0 aliphatic carbocycles. The van der Waals surface area contributed by atoms with E-state index in [0.29, 0.717) is 0 Å². The molecule has 4 nitrogen and oxygen atoms in total. The van der Waals surface area contributed by atoms with Crippen molar-refractivity contribution in [3.8, 4) is 0 Å². The Bertz CT molecular complexity index is 282. The van der Waals surface area contributed by atoms with Crippen molar-refractivity contribution in [2.75, 3.05) is 26.7 Å². The van der Waals surface area contributed by atoms with Crippen molar-refractivity contribution in [1.82, 2.24) is 20.0 Å². The van der Waals surface area contributed by atoms with Crippen molar-refractivity contribution in [2.45, 2.75) is 33.4 Å². The predicted octanol–water partition coefficient (Wildman–Crippen LogP) is 1.33. The lowest BCUT2D eigenvalue weighted by Crippen LogP contribution is -2.31. The zero-order chi connectivity index (χ0) is 11.8. The van der Waals surface area contributed by atoms with Crippen molar-refractivity contribution >= 4 is 0 Å². The summed E-state index contributed by atoms with van der Waals surface area (Å²) in [7, 11) is 2.00. The zero-order valence-electron chi connectivity index (χ0n) is 10.7. The number of rotatable bonds is 8. The third-order valence-corrected chi connectivity index (χ3v) is 2.63. The van der Waals surface area contributed by atoms with Gasteiger partial charge < -0.3 is 5.32 Å². The molecule has 1 aromatic heterocycles. The fourth-order valence-electron chi connectivity index (χ4n) is 1.78. The summed E-state index contributed by atoms with van der Waals surface area (Å²) in [4.78, 5) is 2.47. The molecule has 0 unspecified atom stereocenters. The molecule has 0 aliphatic rings. The minimum atomic E-state index is 0.949. The van der Waals surface area contributed by atoms with Crippen LogP contribution in [0.2, 0.25) is 0 Å². The Balaban J connectivity index is 2.46. The van der Waals surface area contributed by atoms with Gasteiger partial charge in [-0.15, -0.1) is 0 Å². The van der Waals surface area contributed by atoms with Gasteiger partial charge in [0, 0.05) is 37.9 Å². The smallest absolute Gasteiger partial charge is 0.0534 e. The van der Waals surface area contributed by atoms with Gasteiger partial charge in [0.2, 0.25) is 0 Å². The van der Waals surface area contributed by atoms with Gasteiger partial charge in [-0.3, -0.25) is 9.58 Å². The standard InChI is InChI=1S/C12H24N4/c1-4-7-15(8-6-13-3)10-12-9-14-16(5-2)11-12/h9,11,13H,4-8,10H2,1-3H3. The Morgan fingerprint density at radius 3 is 2.75 bits per heavy atom. The molecule has 92 valence electrons. The summed E-state index contributed by atoms with van der Waals surface area (Å²) in [5.41, 5.74) is 1.31. The maximum Gasteiger partial charge on any atom is 0.0534 e. The summed E-state index contributed by atoms with van der Waals surface area (Å²) in [5, 5.41) is 7.50. The number of nitrogens with one attached hydrogen (secondary N) is 1. The highest BCUT2D eigenvalue weighted by molar-refractivity contribution is 5.03. The largest absolute Gasteiger partial charge is 0.318 e. The number of aromatic nitrogens is 2. The molecule has 4 heteroatoms. The summed E-state index contributed by atoms with van der Waals surface area (Å²) in [6, 6.07) is 0. The molecule has 0 amide bonds. The van der Waals surface area contributed by atoms with E-state index in [9.17, 15) is 0 Å². The van der Waals surface area contributed by atoms with Gasteiger partial charge in [-0.2, -0.15) is 5.10 Å². The third-order valence-electron chi connectivity index (χ3n) is 2.63. The van der Waals surface area contributed by atoms with Crippen LogP contribution in [-0.2, 0) is 13.1 Å². The average molecular weight is 224 g/mol. The molecule has 0 aliphatic heterocycles. The molecule has 0 aromatic carbocycles. The number of likely N-dealkylation sites (N-methyl/N-ethyl adjacent to an activating group) is 1. The van der Waals surface area contributed by atoms with Gasteiger partial charge in [-0.05, 0) is 26.9 Å². The van der Waals surface area contributed by atoms with E-state index in [4.69, 9.17) is 0 Å². The highest BCUT2D eigenvalue weighted by Gasteiger charge is 2.05. The normalized spacial score (nSPS) is 11.2. The van der Waals surface area contributed by atoms with Gasteiger partial charge in [0.25, 0.3) is 0 Å². The lowest BCUT2D eigenvalue weighted by atomic mass is 10.3. The Hall–Kier alpha value is -0.870. The molecule has 0 spiro atoms. The second kappa shape index (κ2) is 7.41. The van der Waals surface area contributed by atoms with E-state index in [1.165, 1.54) is 12.0 Å². The van der Waals surface area contributed by atoms with Crippen molar-refractivity contribution in [1.29, 1.82) is 0 Å². The van der Waals surface area contributed by atoms with Gasteiger partial charge in [-0.25, -0.2) is 0 Å². The second-order valence-electron chi connectivity index (χ2n) is 4.08. The lowest BCUT2D eigenvalue weighted by molar-refractivity contribution is 0.268. The quantitative estimate of drug-likeness (QED) is 0.723. The molecule has 1 rings (SSSR count). The Morgan fingerprint density at radius 2 is 2.19 bits per heavy atom. The first-order chi connectivity index (χ1) is 7.80. The summed E-state index contributed by atoms with van der Waals surface area (Å²) in [6.45, 7) is 9.59. The summed E-state index contributed by atoms with van der Waals surface area (Å²) in [5.74, 6) is 0. The van der Waals surface area contributed by atoms with Crippen molar-refractivity contribution < 1.29 is 0 Å². The molecule has 0 bridgehead atoms. The van der Waals surface area contributed by atoms with Crippen LogP contribution >= 0.6 is 0 Å². The first kappa shape index (κ1) is 13.2. The highest BCUT2D eigenvalue weighted by atomic mass is 15.3. The van der Waals surface area contributed by atoms with Crippen LogP contribution in [0.3, 0.4) is 0 Å². The van der Waals surface area contributed by atoms with Gasteiger partial charge in [0.15, 0.2) is 0 Å². The molecular formula is C12H24N4. The van der Waals surface area contributed by atoms with Crippen LogP contribution in [0.15, 0.2) is 12.4 Å². The topological polar surface area (TPSA) is 33.1 Å². The first-order valence-electron chi connectivity index (χ1n) is 6.18. The van der Waals surface area contributed by atoms with Crippen molar-refractivity contribution in [3.05, 3.63) is 18.0 Å². The zero-order valence-corrected chi connectivity index (χ0v) is 10.7. The Morgan fingerprint density at radius 1 is 1.38 bits per heavy atom. The van der Waals surface area contributed by atoms with E-state index >= 15 is 0 Å². The second-order valence-corrected chi connectivity index (χ2v) is 4.08. The van der Waals surface area contributed by atoms with Crippen LogP contribution in [0.25, 0.3) is 0 Å². The van der Waals surface area contributed by atoms with Gasteiger partial charge >= 0.3 is 0 Å². The van der Waals surface area contributed by atoms with Crippen molar-refractivity contribution in [2.24, 2.45) is 0 Å². The highest BCUT2D eigenvalue weighted by Crippen LogP contribution is 2.04. The average Bonchev–Trinajstić information content (AvgIpc) is 2.74. The SMILES string of the molecule is CCCN(CCNC)Cc1cnn(CC)c1. The van der Waals surface area contributed by atoms with Gasteiger partial charge in [0.05, 0.1) is 6.20 Å². The van der Waals surface area contributed by atoms with E-state index in [1.807, 2.05) is 17.9 Å². The Labute approximate surface area is 98.6 Å². The summed E-state index contributed by atoms with van der Waals surface area (Å²) in [6.07, 6.45) is 5.32. The van der Waals surface area contributed by atoms with Crippen LogP contribution in [0.1, 0.15) is 25.8 Å². The summed E-state index contributed by atoms with van der Waals surface area (Å²) < 4.78 is 1.98. The predicted molar refractivity (Wildman–Crippen MR) is 67.4 cm³/mol. The number of aryl methyl sites for hydroxylation is 1. The van der Waals surface area contributed by atoms with Crippen molar-refractivity contribution in [3.63, 3.8) is 0 Å². The molecular weight excluding hydrogens is 200 g/mol. The molecule has 0 saturated heterocycles. The molecule has 1 N–H and O–H groups in total. The van der Waals surface area contributed by atoms with E-state index in [2.05, 4.69) is 35.4 Å². The van der Waals surface area contributed by atoms with E-state index in [-0.39, 0.29) is 0 Å². The molecule has 1 heterocycles. The van der Waals surface area contributed by atoms with Crippen LogP contribution in [0.4, 0.5) is 0 Å². The van der Waals surface area contributed by atoms with Crippen LogP contribution in [0, 0.1) is 0 Å². The molecule has 1 aromatic rings. The number of nitrogens with zero attached hydrogens (tertiary/aromatic N) is 3. The van der Waals surface area contributed by atoms with E-state index in [0.717, 1.165) is 32.7 Å². The van der Waals surface area contributed by atoms with Crippen LogP contribution in [0.5, 0.6) is 0 Å². The van der Waals surface area contributed by atoms with E-state index in [1.54, 1.807) is 0 Å². The van der Waals surface area contributed by atoms with Crippen LogP contribution in [-0.4, -0.2) is 41.4 Å². The molecule has 0 fully saturated rings. The Kier molecular flexibility index (Phi) is 6.11. The van der Waals surface area contributed by atoms with E-state index < -0.39 is 0 Å². The molecule has 0 saturated carbocycles. The minimum absolute atomic E-state index is 0.949. The molecule has 0 atom stereocenters. The molecule has 16 heavy (non-hydrogen) atoms. The maximum absolute atomic E-state index is 4.30. The fourth-order valence-corrected chi connectivity index (χ4v) is 1.78. The number of hydrogen-bond donors (Lipinski definition) is 1. The summed E-state index contributed by atoms with van der Waals surface area (Å²) >= 11 is 0. The number of hydrogen-bond acceptors (Lipinski definition) is 3.